The molecule has 0 saturated carbocycles. The molecule has 3 heterocycles. The maximum Gasteiger partial charge on any atom is 0.321 e. The van der Waals surface area contributed by atoms with Crippen molar-refractivity contribution < 1.29 is 9.59 Å². The Morgan fingerprint density at radius 3 is 2.57 bits per heavy atom. The Morgan fingerprint density at radius 1 is 1.07 bits per heavy atom. The van der Waals surface area contributed by atoms with Gasteiger partial charge in [0.25, 0.3) is 11.5 Å². The lowest BCUT2D eigenvalue weighted by Gasteiger charge is -2.42. The van der Waals surface area contributed by atoms with E-state index in [1.165, 1.54) is 0 Å². The highest BCUT2D eigenvalue weighted by Crippen LogP contribution is 2.35. The van der Waals surface area contributed by atoms with Crippen LogP contribution in [0.5, 0.6) is 0 Å². The first kappa shape index (κ1) is 20.2. The van der Waals surface area contributed by atoms with Gasteiger partial charge in [0.05, 0.1) is 0 Å². The number of pyridine rings is 1. The number of likely N-dealkylation sites (tertiary alicyclic amines) is 1. The van der Waals surface area contributed by atoms with E-state index < -0.39 is 0 Å². The number of nitrogens with one attached hydrogen (secondary N) is 2. The molecule has 0 aliphatic carbocycles. The summed E-state index contributed by atoms with van der Waals surface area (Å²) >= 11 is 0. The molecule has 2 unspecified atom stereocenters. The number of urea groups is 1. The van der Waals surface area contributed by atoms with E-state index in [1.807, 2.05) is 29.4 Å². The average Bonchev–Trinajstić information content (AvgIpc) is 2.73. The first-order valence-electron chi connectivity index (χ1n) is 10.5. The number of hydrogen-bond acceptors (Lipinski definition) is 3. The average molecular weight is 409 g/mol. The molecule has 7 nitrogen and oxygen atoms in total. The van der Waals surface area contributed by atoms with Crippen LogP contribution in [-0.4, -0.2) is 41.0 Å². The SMILES string of the molecule is CC(C)CNC(=O)c1ccc(NC(=O)N2CC3CC(C2)c2cccc(=O)n2C3)cc1. The number of aromatic nitrogens is 1. The molecule has 1 fully saturated rings. The van der Waals surface area contributed by atoms with Crippen LogP contribution >= 0.6 is 0 Å². The van der Waals surface area contributed by atoms with Crippen LogP contribution in [0.3, 0.4) is 0 Å². The summed E-state index contributed by atoms with van der Waals surface area (Å²) in [5, 5.41) is 5.83. The summed E-state index contributed by atoms with van der Waals surface area (Å²) in [6.45, 7) is 6.62. The summed E-state index contributed by atoms with van der Waals surface area (Å²) in [7, 11) is 0. The van der Waals surface area contributed by atoms with Crippen molar-refractivity contribution in [3.63, 3.8) is 0 Å². The summed E-state index contributed by atoms with van der Waals surface area (Å²) in [4.78, 5) is 39.0. The van der Waals surface area contributed by atoms with E-state index in [-0.39, 0.29) is 29.3 Å². The molecule has 0 radical (unpaired) electrons. The van der Waals surface area contributed by atoms with Gasteiger partial charge in [-0.05, 0) is 48.6 Å². The largest absolute Gasteiger partial charge is 0.352 e. The number of hydrogen-bond donors (Lipinski definition) is 2. The van der Waals surface area contributed by atoms with Gasteiger partial charge in [0.15, 0.2) is 0 Å². The van der Waals surface area contributed by atoms with Gasteiger partial charge < -0.3 is 20.1 Å². The van der Waals surface area contributed by atoms with E-state index in [4.69, 9.17) is 0 Å². The molecule has 4 rings (SSSR count). The van der Waals surface area contributed by atoms with Gasteiger partial charge in [0, 0.05) is 55.1 Å². The summed E-state index contributed by atoms with van der Waals surface area (Å²) in [6, 6.07) is 12.2. The molecule has 30 heavy (non-hydrogen) atoms. The summed E-state index contributed by atoms with van der Waals surface area (Å²) in [6.07, 6.45) is 1.01. The molecule has 3 amide bonds. The Labute approximate surface area is 176 Å². The molecule has 2 aliphatic rings. The molecule has 0 spiro atoms. The lowest BCUT2D eigenvalue weighted by molar-refractivity contribution is 0.0949. The van der Waals surface area contributed by atoms with E-state index in [0.717, 1.165) is 12.1 Å². The monoisotopic (exact) mass is 408 g/mol. The predicted octanol–water partition coefficient (Wildman–Crippen LogP) is 2.89. The molecule has 2 atom stereocenters. The van der Waals surface area contributed by atoms with E-state index in [2.05, 4.69) is 10.6 Å². The third-order valence-electron chi connectivity index (χ3n) is 5.84. The highest BCUT2D eigenvalue weighted by molar-refractivity contribution is 5.95. The number of benzene rings is 1. The second-order valence-corrected chi connectivity index (χ2v) is 8.71. The van der Waals surface area contributed by atoms with Crippen LogP contribution in [0.4, 0.5) is 10.5 Å². The zero-order valence-corrected chi connectivity index (χ0v) is 17.4. The topological polar surface area (TPSA) is 83.4 Å². The number of anilines is 1. The smallest absolute Gasteiger partial charge is 0.321 e. The quantitative estimate of drug-likeness (QED) is 0.816. The molecule has 1 aromatic heterocycles. The van der Waals surface area contributed by atoms with E-state index in [9.17, 15) is 14.4 Å². The predicted molar refractivity (Wildman–Crippen MR) is 116 cm³/mol. The minimum absolute atomic E-state index is 0.0395. The first-order chi connectivity index (χ1) is 14.4. The lowest BCUT2D eigenvalue weighted by Crippen LogP contribution is -2.50. The maximum absolute atomic E-state index is 12.8. The summed E-state index contributed by atoms with van der Waals surface area (Å²) in [5.41, 5.74) is 2.29. The highest BCUT2D eigenvalue weighted by Gasteiger charge is 2.36. The van der Waals surface area contributed by atoms with Crippen molar-refractivity contribution in [1.82, 2.24) is 14.8 Å². The Morgan fingerprint density at radius 2 is 1.83 bits per heavy atom. The molecule has 1 saturated heterocycles. The number of rotatable bonds is 4. The second-order valence-electron chi connectivity index (χ2n) is 8.71. The number of carbonyl (C=O) groups excluding carboxylic acids is 2. The van der Waals surface area contributed by atoms with Crippen molar-refractivity contribution in [3.05, 3.63) is 64.1 Å². The minimum Gasteiger partial charge on any atom is -0.352 e. The molecule has 2 aromatic rings. The Hall–Kier alpha value is -3.09. The van der Waals surface area contributed by atoms with E-state index in [0.29, 0.717) is 43.3 Å². The Balaban J connectivity index is 1.39. The standard InChI is InChI=1S/C23H28N4O3/c1-15(2)11-24-22(29)17-6-8-19(9-7-17)25-23(30)26-12-16-10-18(14-26)20-4-3-5-21(28)27(20)13-16/h3-9,15-16,18H,10-14H2,1-2H3,(H,24,29)(H,25,30). The fourth-order valence-electron chi connectivity index (χ4n) is 4.37. The van der Waals surface area contributed by atoms with E-state index >= 15 is 0 Å². The molecule has 158 valence electrons. The zero-order chi connectivity index (χ0) is 21.3. The van der Waals surface area contributed by atoms with Crippen molar-refractivity contribution in [1.29, 1.82) is 0 Å². The number of amides is 3. The van der Waals surface area contributed by atoms with Crippen LogP contribution in [0.25, 0.3) is 0 Å². The normalized spacial score (nSPS) is 19.9. The highest BCUT2D eigenvalue weighted by atomic mass is 16.2. The Bertz CT molecular complexity index is 996. The van der Waals surface area contributed by atoms with Crippen LogP contribution in [-0.2, 0) is 6.54 Å². The van der Waals surface area contributed by atoms with Gasteiger partial charge in [-0.2, -0.15) is 0 Å². The van der Waals surface area contributed by atoms with Crippen molar-refractivity contribution in [2.24, 2.45) is 11.8 Å². The Kier molecular flexibility index (Phi) is 5.61. The maximum atomic E-state index is 12.8. The molecule has 2 bridgehead atoms. The molecule has 2 N–H and O–H groups in total. The third kappa shape index (κ3) is 4.25. The molecule has 1 aromatic carbocycles. The van der Waals surface area contributed by atoms with Crippen LogP contribution in [0.1, 0.15) is 42.2 Å². The minimum atomic E-state index is -0.145. The number of fused-ring (bicyclic) bond motifs is 4. The molecule has 2 aliphatic heterocycles. The van der Waals surface area contributed by atoms with Gasteiger partial charge in [0.1, 0.15) is 0 Å². The van der Waals surface area contributed by atoms with Gasteiger partial charge in [-0.3, -0.25) is 9.59 Å². The molecular formula is C23H28N4O3. The molecule has 7 heteroatoms. The number of carbonyl (C=O) groups is 2. The number of nitrogens with zero attached hydrogens (tertiary/aromatic N) is 2. The van der Waals surface area contributed by atoms with Crippen molar-refractivity contribution in [3.8, 4) is 0 Å². The van der Waals surface area contributed by atoms with Gasteiger partial charge in [-0.15, -0.1) is 0 Å². The van der Waals surface area contributed by atoms with Crippen LogP contribution in [0.15, 0.2) is 47.3 Å². The van der Waals surface area contributed by atoms with Crippen LogP contribution < -0.4 is 16.2 Å². The fraction of sp³-hybridized carbons (Fsp3) is 0.435. The van der Waals surface area contributed by atoms with Crippen LogP contribution in [0.2, 0.25) is 0 Å². The first-order valence-corrected chi connectivity index (χ1v) is 10.5. The van der Waals surface area contributed by atoms with Gasteiger partial charge >= 0.3 is 6.03 Å². The van der Waals surface area contributed by atoms with Crippen molar-refractivity contribution >= 4 is 17.6 Å². The summed E-state index contributed by atoms with van der Waals surface area (Å²) < 4.78 is 1.86. The second kappa shape index (κ2) is 8.34. The van der Waals surface area contributed by atoms with Gasteiger partial charge in [-0.25, -0.2) is 4.79 Å². The van der Waals surface area contributed by atoms with Crippen molar-refractivity contribution in [2.75, 3.05) is 25.0 Å². The van der Waals surface area contributed by atoms with Gasteiger partial charge in [-0.1, -0.05) is 19.9 Å². The zero-order valence-electron chi connectivity index (χ0n) is 17.4. The summed E-state index contributed by atoms with van der Waals surface area (Å²) in [5.74, 6) is 0.750. The lowest BCUT2D eigenvalue weighted by atomic mass is 9.83. The van der Waals surface area contributed by atoms with Gasteiger partial charge in [0.2, 0.25) is 0 Å². The third-order valence-corrected chi connectivity index (χ3v) is 5.84. The number of piperidine rings is 1. The van der Waals surface area contributed by atoms with Crippen molar-refractivity contribution in [2.45, 2.75) is 32.7 Å². The molecular weight excluding hydrogens is 380 g/mol. The fourth-order valence-corrected chi connectivity index (χ4v) is 4.37. The van der Waals surface area contributed by atoms with E-state index in [1.54, 1.807) is 36.4 Å². The van der Waals surface area contributed by atoms with Crippen LogP contribution in [0, 0.1) is 11.8 Å².